The van der Waals surface area contributed by atoms with Gasteiger partial charge in [0.25, 0.3) is 0 Å². The molecule has 0 spiro atoms. The Hall–Kier alpha value is -1.68. The number of benzene rings is 1. The van der Waals surface area contributed by atoms with Gasteiger partial charge in [-0.2, -0.15) is 5.10 Å². The SMILES string of the molecule is CCC(C)Cc1n[nH]c(Cc2ccc(CO)cc2)n1. The van der Waals surface area contributed by atoms with E-state index in [0.717, 1.165) is 36.5 Å². The number of H-pyrrole nitrogens is 1. The van der Waals surface area contributed by atoms with E-state index < -0.39 is 0 Å². The molecule has 0 aliphatic rings. The molecule has 0 aliphatic heterocycles. The number of aliphatic hydroxyl groups excluding tert-OH is 1. The van der Waals surface area contributed by atoms with Gasteiger partial charge < -0.3 is 5.11 Å². The number of aliphatic hydroxyl groups is 1. The van der Waals surface area contributed by atoms with Gasteiger partial charge in [-0.1, -0.05) is 44.5 Å². The summed E-state index contributed by atoms with van der Waals surface area (Å²) in [5.74, 6) is 2.42. The van der Waals surface area contributed by atoms with Crippen LogP contribution in [0.2, 0.25) is 0 Å². The largest absolute Gasteiger partial charge is 0.392 e. The maximum atomic E-state index is 9.00. The van der Waals surface area contributed by atoms with E-state index >= 15 is 0 Å². The average molecular weight is 259 g/mol. The Balaban J connectivity index is 1.98. The molecule has 1 atom stereocenters. The van der Waals surface area contributed by atoms with E-state index in [-0.39, 0.29) is 6.61 Å². The Bertz CT molecular complexity index is 504. The van der Waals surface area contributed by atoms with Crippen molar-refractivity contribution in [2.45, 2.75) is 39.7 Å². The monoisotopic (exact) mass is 259 g/mol. The molecule has 19 heavy (non-hydrogen) atoms. The first-order chi connectivity index (χ1) is 9.21. The Kier molecular flexibility index (Phi) is 4.68. The van der Waals surface area contributed by atoms with Gasteiger partial charge in [0.05, 0.1) is 6.61 Å². The maximum Gasteiger partial charge on any atom is 0.150 e. The molecular formula is C15H21N3O. The summed E-state index contributed by atoms with van der Waals surface area (Å²) in [6, 6.07) is 7.91. The van der Waals surface area contributed by atoms with E-state index in [1.807, 2.05) is 24.3 Å². The predicted octanol–water partition coefficient (Wildman–Crippen LogP) is 2.48. The summed E-state index contributed by atoms with van der Waals surface area (Å²) in [4.78, 5) is 4.52. The fourth-order valence-electron chi connectivity index (χ4n) is 1.92. The molecule has 0 saturated carbocycles. The lowest BCUT2D eigenvalue weighted by atomic mass is 10.1. The smallest absolute Gasteiger partial charge is 0.150 e. The molecule has 102 valence electrons. The molecule has 2 rings (SSSR count). The van der Waals surface area contributed by atoms with Crippen LogP contribution < -0.4 is 0 Å². The molecule has 1 heterocycles. The first-order valence-electron chi connectivity index (χ1n) is 6.80. The van der Waals surface area contributed by atoms with Gasteiger partial charge in [-0.15, -0.1) is 0 Å². The molecule has 1 aromatic carbocycles. The van der Waals surface area contributed by atoms with Crippen LogP contribution in [0.5, 0.6) is 0 Å². The molecule has 0 radical (unpaired) electrons. The lowest BCUT2D eigenvalue weighted by Crippen LogP contribution is -1.99. The Morgan fingerprint density at radius 3 is 2.53 bits per heavy atom. The minimum Gasteiger partial charge on any atom is -0.392 e. The van der Waals surface area contributed by atoms with Gasteiger partial charge in [-0.05, 0) is 17.0 Å². The molecule has 2 N–H and O–H groups in total. The van der Waals surface area contributed by atoms with Crippen LogP contribution in [0.3, 0.4) is 0 Å². The molecular weight excluding hydrogens is 238 g/mol. The van der Waals surface area contributed by atoms with Crippen LogP contribution in [-0.2, 0) is 19.4 Å². The van der Waals surface area contributed by atoms with Crippen molar-refractivity contribution in [1.82, 2.24) is 15.2 Å². The Labute approximate surface area is 113 Å². The molecule has 0 aliphatic carbocycles. The number of hydrogen-bond donors (Lipinski definition) is 2. The summed E-state index contributed by atoms with van der Waals surface area (Å²) in [6.45, 7) is 4.48. The van der Waals surface area contributed by atoms with Crippen LogP contribution in [0.4, 0.5) is 0 Å². The van der Waals surface area contributed by atoms with Gasteiger partial charge in [0.1, 0.15) is 5.82 Å². The highest BCUT2D eigenvalue weighted by molar-refractivity contribution is 5.24. The second-order valence-electron chi connectivity index (χ2n) is 5.07. The van der Waals surface area contributed by atoms with Crippen molar-refractivity contribution < 1.29 is 5.11 Å². The van der Waals surface area contributed by atoms with Gasteiger partial charge >= 0.3 is 0 Å². The molecule has 4 heteroatoms. The van der Waals surface area contributed by atoms with E-state index in [9.17, 15) is 0 Å². The summed E-state index contributed by atoms with van der Waals surface area (Å²) >= 11 is 0. The number of aromatic nitrogens is 3. The summed E-state index contributed by atoms with van der Waals surface area (Å²) in [5, 5.41) is 16.3. The normalized spacial score (nSPS) is 12.6. The van der Waals surface area contributed by atoms with Crippen molar-refractivity contribution in [2.24, 2.45) is 5.92 Å². The highest BCUT2D eigenvalue weighted by Gasteiger charge is 2.07. The maximum absolute atomic E-state index is 9.00. The van der Waals surface area contributed by atoms with Gasteiger partial charge in [-0.3, -0.25) is 5.10 Å². The second kappa shape index (κ2) is 6.48. The van der Waals surface area contributed by atoms with Crippen molar-refractivity contribution in [3.05, 3.63) is 47.0 Å². The molecule has 2 aromatic rings. The highest BCUT2D eigenvalue weighted by Crippen LogP contribution is 2.11. The molecule has 0 fully saturated rings. The first-order valence-corrected chi connectivity index (χ1v) is 6.80. The summed E-state index contributed by atoms with van der Waals surface area (Å²) in [5.41, 5.74) is 2.10. The van der Waals surface area contributed by atoms with Crippen molar-refractivity contribution in [2.75, 3.05) is 0 Å². The van der Waals surface area contributed by atoms with Gasteiger partial charge in [-0.25, -0.2) is 4.98 Å². The van der Waals surface area contributed by atoms with E-state index in [1.165, 1.54) is 5.56 Å². The van der Waals surface area contributed by atoms with E-state index in [1.54, 1.807) is 0 Å². The minimum atomic E-state index is 0.0850. The fraction of sp³-hybridized carbons (Fsp3) is 0.467. The highest BCUT2D eigenvalue weighted by atomic mass is 16.3. The fourth-order valence-corrected chi connectivity index (χ4v) is 1.92. The number of rotatable bonds is 6. The second-order valence-corrected chi connectivity index (χ2v) is 5.07. The molecule has 1 unspecified atom stereocenters. The van der Waals surface area contributed by atoms with Crippen molar-refractivity contribution in [3.63, 3.8) is 0 Å². The quantitative estimate of drug-likeness (QED) is 0.837. The number of hydrogen-bond acceptors (Lipinski definition) is 3. The van der Waals surface area contributed by atoms with Crippen molar-refractivity contribution >= 4 is 0 Å². The third-order valence-electron chi connectivity index (χ3n) is 3.38. The molecule has 0 amide bonds. The van der Waals surface area contributed by atoms with E-state index in [2.05, 4.69) is 29.0 Å². The Morgan fingerprint density at radius 1 is 1.21 bits per heavy atom. The third-order valence-corrected chi connectivity index (χ3v) is 3.38. The zero-order chi connectivity index (χ0) is 13.7. The molecule has 4 nitrogen and oxygen atoms in total. The van der Waals surface area contributed by atoms with Crippen LogP contribution in [0, 0.1) is 5.92 Å². The number of nitrogens with one attached hydrogen (secondary N) is 1. The van der Waals surface area contributed by atoms with Crippen LogP contribution >= 0.6 is 0 Å². The summed E-state index contributed by atoms with van der Waals surface area (Å²) in [7, 11) is 0. The first kappa shape index (κ1) is 13.7. The lowest BCUT2D eigenvalue weighted by Gasteiger charge is -2.03. The van der Waals surface area contributed by atoms with Crippen LogP contribution in [0.15, 0.2) is 24.3 Å². The van der Waals surface area contributed by atoms with Gasteiger partial charge in [0.15, 0.2) is 5.82 Å². The standard InChI is InChI=1S/C15H21N3O/c1-3-11(2)8-14-16-15(18-17-14)9-12-4-6-13(10-19)7-5-12/h4-7,11,19H,3,8-10H2,1-2H3,(H,16,17,18). The molecule has 1 aromatic heterocycles. The number of nitrogens with zero attached hydrogens (tertiary/aromatic N) is 2. The van der Waals surface area contributed by atoms with Gasteiger partial charge in [0, 0.05) is 12.8 Å². The van der Waals surface area contributed by atoms with Crippen molar-refractivity contribution in [3.8, 4) is 0 Å². The predicted molar refractivity (Wildman–Crippen MR) is 74.7 cm³/mol. The zero-order valence-electron chi connectivity index (χ0n) is 11.6. The van der Waals surface area contributed by atoms with Gasteiger partial charge in [0.2, 0.25) is 0 Å². The summed E-state index contributed by atoms with van der Waals surface area (Å²) < 4.78 is 0. The topological polar surface area (TPSA) is 61.8 Å². The average Bonchev–Trinajstić information content (AvgIpc) is 2.86. The lowest BCUT2D eigenvalue weighted by molar-refractivity contribution is 0.282. The number of aromatic amines is 1. The molecule has 0 saturated heterocycles. The minimum absolute atomic E-state index is 0.0850. The van der Waals surface area contributed by atoms with Crippen LogP contribution in [0.1, 0.15) is 43.0 Å². The van der Waals surface area contributed by atoms with Crippen molar-refractivity contribution in [1.29, 1.82) is 0 Å². The zero-order valence-corrected chi connectivity index (χ0v) is 11.6. The Morgan fingerprint density at radius 2 is 1.89 bits per heavy atom. The van der Waals surface area contributed by atoms with Crippen LogP contribution in [0.25, 0.3) is 0 Å². The molecule has 0 bridgehead atoms. The van der Waals surface area contributed by atoms with E-state index in [0.29, 0.717) is 5.92 Å². The third kappa shape index (κ3) is 3.89. The summed E-state index contributed by atoms with van der Waals surface area (Å²) in [6.07, 6.45) is 2.82. The van der Waals surface area contributed by atoms with Crippen LogP contribution in [-0.4, -0.2) is 20.3 Å². The van der Waals surface area contributed by atoms with E-state index in [4.69, 9.17) is 5.11 Å².